The van der Waals surface area contributed by atoms with Crippen molar-refractivity contribution in [3.05, 3.63) is 190 Å². The summed E-state index contributed by atoms with van der Waals surface area (Å²) in [4.78, 5) is 0. The third-order valence-corrected chi connectivity index (χ3v) is 3.11. The standard InChI is InChI=1S/3C7H7.C5H5.5CH3.Zr/c3*1-7-5-3-2-4-6-7;1-2-4-5-3-1;;;;;;/h3*2-6H,1H2;1-3H,4H2;5*1H3;/q9*-1;. The molecule has 0 unspecified atom stereocenters. The summed E-state index contributed by atoms with van der Waals surface area (Å²) in [7, 11) is 0. The topological polar surface area (TPSA) is 0 Å². The van der Waals surface area contributed by atoms with Gasteiger partial charge in [-0.1, -0.05) is 18.2 Å². The Morgan fingerprint density at radius 1 is 0.500 bits per heavy atom. The molecule has 3 aromatic rings. The second-order valence-corrected chi connectivity index (χ2v) is 5.46. The second kappa shape index (κ2) is 30.8. The maximum absolute atomic E-state index is 3.72. The Kier molecular flexibility index (Phi) is 41.9. The molecule has 0 fully saturated rings. The molecule has 0 amide bonds. The third-order valence-electron chi connectivity index (χ3n) is 3.11. The van der Waals surface area contributed by atoms with Crippen LogP contribution in [0.5, 0.6) is 0 Å². The zero-order valence-corrected chi connectivity index (χ0v) is 23.2. The van der Waals surface area contributed by atoms with Crippen LogP contribution in [0.2, 0.25) is 0 Å². The number of benzene rings is 3. The molecule has 1 aliphatic rings. The molecule has 1 heteroatoms. The van der Waals surface area contributed by atoms with Crippen LogP contribution in [0.1, 0.15) is 23.1 Å². The first kappa shape index (κ1) is 43.5. The number of allylic oxidation sites excluding steroid dienone is 4. The molecule has 32 heavy (non-hydrogen) atoms. The van der Waals surface area contributed by atoms with Gasteiger partial charge >= 0.3 is 0 Å². The molecular weight excluding hydrogens is 464 g/mol. The Morgan fingerprint density at radius 2 is 0.781 bits per heavy atom. The van der Waals surface area contributed by atoms with Crippen molar-refractivity contribution >= 4 is 0 Å². The van der Waals surface area contributed by atoms with Crippen LogP contribution in [-0.4, -0.2) is 0 Å². The fourth-order valence-corrected chi connectivity index (χ4v) is 1.77. The van der Waals surface area contributed by atoms with Gasteiger partial charge in [0.1, 0.15) is 0 Å². The van der Waals surface area contributed by atoms with Crippen LogP contribution in [-0.2, 0) is 26.2 Å². The Morgan fingerprint density at radius 3 is 0.875 bits per heavy atom. The van der Waals surface area contributed by atoms with E-state index in [1.54, 1.807) is 0 Å². The molecular formula is C31H41Zr-9. The summed E-state index contributed by atoms with van der Waals surface area (Å²) in [5, 5.41) is 0. The van der Waals surface area contributed by atoms with E-state index >= 15 is 0 Å². The molecule has 0 nitrogen and oxygen atoms in total. The van der Waals surface area contributed by atoms with Gasteiger partial charge in [0.2, 0.25) is 0 Å². The minimum atomic E-state index is 0. The van der Waals surface area contributed by atoms with Crippen molar-refractivity contribution in [3.8, 4) is 0 Å². The zero-order chi connectivity index (χ0) is 18.9. The molecule has 1 aliphatic carbocycles. The molecule has 0 atom stereocenters. The molecule has 0 radical (unpaired) electrons. The molecule has 4 rings (SSSR count). The molecule has 0 aliphatic heterocycles. The fraction of sp³-hybridized carbons (Fsp3) is 0.0323. The Hall–Kier alpha value is -2.37. The first-order valence-electron chi connectivity index (χ1n) is 8.51. The van der Waals surface area contributed by atoms with Crippen molar-refractivity contribution < 1.29 is 26.2 Å². The van der Waals surface area contributed by atoms with Crippen LogP contribution in [0.25, 0.3) is 0 Å². The molecule has 178 valence electrons. The molecule has 0 saturated heterocycles. The molecule has 0 N–H and O–H groups in total. The van der Waals surface area contributed by atoms with Gasteiger partial charge < -0.3 is 37.1 Å². The van der Waals surface area contributed by atoms with Gasteiger partial charge in [0.25, 0.3) is 0 Å². The SMILES string of the molecule is [C-]1=CC=CC1.[CH2-]c1ccccc1.[CH2-]c1ccccc1.[CH2-]c1ccccc1.[CH3-].[CH3-].[CH3-].[CH3-].[CH3-].[Zr]. The van der Waals surface area contributed by atoms with Gasteiger partial charge in [0.05, 0.1) is 0 Å². The molecule has 0 spiro atoms. The molecule has 0 heterocycles. The fourth-order valence-electron chi connectivity index (χ4n) is 1.77. The number of hydrogen-bond acceptors (Lipinski definition) is 0. The first-order valence-corrected chi connectivity index (χ1v) is 8.51. The predicted octanol–water partition coefficient (Wildman–Crippen LogP) is 9.16. The Labute approximate surface area is 221 Å². The molecule has 0 bridgehead atoms. The number of rotatable bonds is 0. The van der Waals surface area contributed by atoms with Gasteiger partial charge in [-0.2, -0.15) is 79.9 Å². The van der Waals surface area contributed by atoms with Gasteiger partial charge in [-0.15, -0.1) is 42.8 Å². The largest absolute Gasteiger partial charge is 0.358 e. The summed E-state index contributed by atoms with van der Waals surface area (Å²) in [5.41, 5.74) is 3.22. The minimum absolute atomic E-state index is 0. The van der Waals surface area contributed by atoms with Crippen molar-refractivity contribution in [2.45, 2.75) is 6.42 Å². The number of hydrogen-bond donors (Lipinski definition) is 0. The maximum Gasteiger partial charge on any atom is 0 e. The van der Waals surface area contributed by atoms with Crippen molar-refractivity contribution in [1.29, 1.82) is 0 Å². The normalized spacial score (nSPS) is 8.38. The van der Waals surface area contributed by atoms with E-state index in [1.807, 2.05) is 103 Å². The molecule has 0 aromatic heterocycles. The van der Waals surface area contributed by atoms with E-state index in [2.05, 4.69) is 32.9 Å². The van der Waals surface area contributed by atoms with E-state index in [4.69, 9.17) is 0 Å². The summed E-state index contributed by atoms with van der Waals surface area (Å²) in [6, 6.07) is 29.6. The average Bonchev–Trinajstić information content (AvgIpc) is 3.25. The van der Waals surface area contributed by atoms with E-state index in [1.165, 1.54) is 0 Å². The molecule has 0 saturated carbocycles. The monoisotopic (exact) mass is 503 g/mol. The second-order valence-electron chi connectivity index (χ2n) is 5.46. The smallest absolute Gasteiger partial charge is 0 e. The first-order chi connectivity index (χ1) is 12.7. The van der Waals surface area contributed by atoms with Gasteiger partial charge in [-0.25, -0.2) is 12.2 Å². The van der Waals surface area contributed by atoms with Gasteiger partial charge in [0, 0.05) is 26.2 Å². The summed E-state index contributed by atoms with van der Waals surface area (Å²) in [6.45, 7) is 11.2. The van der Waals surface area contributed by atoms with Crippen molar-refractivity contribution in [2.24, 2.45) is 0 Å². The van der Waals surface area contributed by atoms with Crippen LogP contribution < -0.4 is 0 Å². The van der Waals surface area contributed by atoms with Gasteiger partial charge in [-0.3, -0.25) is 6.08 Å². The summed E-state index contributed by atoms with van der Waals surface area (Å²) in [5.74, 6) is 0. The summed E-state index contributed by atoms with van der Waals surface area (Å²) < 4.78 is 0. The van der Waals surface area contributed by atoms with E-state index in [0.29, 0.717) is 0 Å². The van der Waals surface area contributed by atoms with Crippen LogP contribution in [0, 0.1) is 64.0 Å². The summed E-state index contributed by atoms with van der Waals surface area (Å²) in [6.07, 6.45) is 10.0. The van der Waals surface area contributed by atoms with Crippen LogP contribution >= 0.6 is 0 Å². The van der Waals surface area contributed by atoms with Gasteiger partial charge in [0.15, 0.2) is 0 Å². The average molecular weight is 505 g/mol. The van der Waals surface area contributed by atoms with Crippen LogP contribution in [0.3, 0.4) is 0 Å². The summed E-state index contributed by atoms with van der Waals surface area (Å²) >= 11 is 0. The van der Waals surface area contributed by atoms with E-state index in [-0.39, 0.29) is 63.3 Å². The van der Waals surface area contributed by atoms with E-state index in [0.717, 1.165) is 23.1 Å². The van der Waals surface area contributed by atoms with Crippen LogP contribution in [0.15, 0.2) is 109 Å². The van der Waals surface area contributed by atoms with Crippen molar-refractivity contribution in [3.63, 3.8) is 0 Å². The van der Waals surface area contributed by atoms with Crippen molar-refractivity contribution in [1.82, 2.24) is 0 Å². The third kappa shape index (κ3) is 27.6. The van der Waals surface area contributed by atoms with Gasteiger partial charge in [-0.05, 0) is 0 Å². The van der Waals surface area contributed by atoms with E-state index in [9.17, 15) is 0 Å². The van der Waals surface area contributed by atoms with E-state index < -0.39 is 0 Å². The Bertz CT molecular complexity index is 630. The zero-order valence-electron chi connectivity index (χ0n) is 20.7. The molecule has 3 aromatic carbocycles. The van der Waals surface area contributed by atoms with Crippen molar-refractivity contribution in [2.75, 3.05) is 0 Å². The predicted molar refractivity (Wildman–Crippen MR) is 146 cm³/mol. The minimum Gasteiger partial charge on any atom is -0.358 e. The van der Waals surface area contributed by atoms with Crippen LogP contribution in [0.4, 0.5) is 0 Å². The maximum atomic E-state index is 3.72. The Balaban J connectivity index is -0.0000000666. The quantitative estimate of drug-likeness (QED) is 0.268.